The lowest BCUT2D eigenvalue weighted by Crippen LogP contribution is -2.36. The highest BCUT2D eigenvalue weighted by Gasteiger charge is 2.44. The van der Waals surface area contributed by atoms with Crippen LogP contribution in [0.3, 0.4) is 0 Å². The molecular weight excluding hydrogens is 276 g/mol. The summed E-state index contributed by atoms with van der Waals surface area (Å²) in [5.41, 5.74) is 3.12. The fourth-order valence-corrected chi connectivity index (χ4v) is 3.30. The van der Waals surface area contributed by atoms with Gasteiger partial charge in [-0.3, -0.25) is 4.68 Å². The van der Waals surface area contributed by atoms with Crippen molar-refractivity contribution in [3.05, 3.63) is 53.5 Å². The zero-order valence-corrected chi connectivity index (χ0v) is 12.8. The minimum atomic E-state index is -0.0878. The van der Waals surface area contributed by atoms with E-state index >= 15 is 0 Å². The number of benzene rings is 1. The second kappa shape index (κ2) is 4.80. The lowest BCUT2D eigenvalue weighted by atomic mass is 9.64. The Morgan fingerprint density at radius 3 is 2.55 bits per heavy atom. The summed E-state index contributed by atoms with van der Waals surface area (Å²) in [4.78, 5) is 4.71. The molecule has 0 aliphatic heterocycles. The number of nitrogens with zero attached hydrogens (tertiary/aromatic N) is 4. The van der Waals surface area contributed by atoms with Crippen LogP contribution in [0.4, 0.5) is 0 Å². The Kier molecular flexibility index (Phi) is 2.89. The molecule has 0 amide bonds. The van der Waals surface area contributed by atoms with Crippen molar-refractivity contribution in [1.29, 1.82) is 0 Å². The van der Waals surface area contributed by atoms with Crippen molar-refractivity contribution >= 4 is 0 Å². The van der Waals surface area contributed by atoms with Crippen molar-refractivity contribution in [3.63, 3.8) is 0 Å². The van der Waals surface area contributed by atoms with E-state index in [9.17, 15) is 0 Å². The van der Waals surface area contributed by atoms with Gasteiger partial charge in [-0.05, 0) is 30.9 Å². The Bertz CT molecular complexity index is 780. The van der Waals surface area contributed by atoms with Gasteiger partial charge in [-0.1, -0.05) is 41.9 Å². The average molecular weight is 294 g/mol. The fraction of sp³-hybridized carbons (Fsp3) is 0.353. The van der Waals surface area contributed by atoms with Crippen LogP contribution >= 0.6 is 0 Å². The van der Waals surface area contributed by atoms with E-state index < -0.39 is 0 Å². The van der Waals surface area contributed by atoms with Gasteiger partial charge in [0.05, 0.1) is 11.6 Å². The van der Waals surface area contributed by atoms with E-state index in [1.54, 1.807) is 4.68 Å². The van der Waals surface area contributed by atoms with Gasteiger partial charge in [0.25, 0.3) is 5.89 Å². The first-order valence-electron chi connectivity index (χ1n) is 7.59. The number of aryl methyl sites for hydroxylation is 2. The van der Waals surface area contributed by atoms with Crippen molar-refractivity contribution in [2.45, 2.75) is 31.6 Å². The average Bonchev–Trinajstić information content (AvgIpc) is 3.07. The van der Waals surface area contributed by atoms with E-state index in [2.05, 4.69) is 34.5 Å². The Labute approximate surface area is 129 Å². The van der Waals surface area contributed by atoms with Crippen LogP contribution in [0.1, 0.15) is 36.2 Å². The largest absolute Gasteiger partial charge is 0.332 e. The SMILES string of the molecule is Cc1cnn(C)c1-c1nc(C2(c3ccccc3)CCC2)no1. The zero-order valence-electron chi connectivity index (χ0n) is 12.8. The molecule has 1 fully saturated rings. The van der Waals surface area contributed by atoms with Crippen LogP contribution in [0.2, 0.25) is 0 Å². The molecule has 112 valence electrons. The second-order valence-electron chi connectivity index (χ2n) is 6.02. The minimum absolute atomic E-state index is 0.0878. The molecule has 0 N–H and O–H groups in total. The lowest BCUT2D eigenvalue weighted by molar-refractivity contribution is 0.273. The number of hydrogen-bond acceptors (Lipinski definition) is 4. The van der Waals surface area contributed by atoms with Crippen molar-refractivity contribution in [2.75, 3.05) is 0 Å². The highest BCUT2D eigenvalue weighted by Crippen LogP contribution is 2.48. The number of hydrogen-bond donors (Lipinski definition) is 0. The summed E-state index contributed by atoms with van der Waals surface area (Å²) in [6.07, 6.45) is 5.15. The molecule has 0 spiro atoms. The normalized spacial score (nSPS) is 16.5. The maximum absolute atomic E-state index is 5.55. The van der Waals surface area contributed by atoms with Gasteiger partial charge in [0.1, 0.15) is 5.69 Å². The Morgan fingerprint density at radius 1 is 1.18 bits per heavy atom. The first-order chi connectivity index (χ1) is 10.7. The third-order valence-corrected chi connectivity index (χ3v) is 4.71. The summed E-state index contributed by atoms with van der Waals surface area (Å²) >= 11 is 0. The Hall–Kier alpha value is -2.43. The molecule has 2 aromatic heterocycles. The van der Waals surface area contributed by atoms with Crippen molar-refractivity contribution in [3.8, 4) is 11.6 Å². The fourth-order valence-electron chi connectivity index (χ4n) is 3.30. The highest BCUT2D eigenvalue weighted by atomic mass is 16.5. The molecule has 0 atom stereocenters. The standard InChI is InChI=1S/C17H18N4O/c1-12-11-18-21(2)14(12)15-19-16(20-22-15)17(9-6-10-17)13-7-4-3-5-8-13/h3-5,7-8,11H,6,9-10H2,1-2H3. The Balaban J connectivity index is 1.78. The van der Waals surface area contributed by atoms with E-state index in [0.29, 0.717) is 5.89 Å². The lowest BCUT2D eigenvalue weighted by Gasteiger charge is -2.39. The summed E-state index contributed by atoms with van der Waals surface area (Å²) in [5.74, 6) is 1.34. The monoisotopic (exact) mass is 294 g/mol. The van der Waals surface area contributed by atoms with Gasteiger partial charge in [0.15, 0.2) is 5.82 Å². The minimum Gasteiger partial charge on any atom is -0.332 e. The molecule has 0 bridgehead atoms. The summed E-state index contributed by atoms with van der Waals surface area (Å²) in [6, 6.07) is 10.5. The summed E-state index contributed by atoms with van der Waals surface area (Å²) in [7, 11) is 1.89. The molecule has 4 rings (SSSR count). The molecule has 0 radical (unpaired) electrons. The molecule has 1 aliphatic rings. The van der Waals surface area contributed by atoms with Crippen LogP contribution in [0, 0.1) is 6.92 Å². The van der Waals surface area contributed by atoms with Gasteiger partial charge in [0, 0.05) is 7.05 Å². The van der Waals surface area contributed by atoms with Gasteiger partial charge in [-0.15, -0.1) is 0 Å². The summed E-state index contributed by atoms with van der Waals surface area (Å²) in [6.45, 7) is 2.00. The van der Waals surface area contributed by atoms with Crippen LogP contribution < -0.4 is 0 Å². The van der Waals surface area contributed by atoms with E-state index in [0.717, 1.165) is 29.9 Å². The van der Waals surface area contributed by atoms with Gasteiger partial charge < -0.3 is 4.52 Å². The van der Waals surface area contributed by atoms with Gasteiger partial charge in [-0.2, -0.15) is 10.1 Å². The van der Waals surface area contributed by atoms with E-state index in [4.69, 9.17) is 9.51 Å². The Morgan fingerprint density at radius 2 is 1.95 bits per heavy atom. The highest BCUT2D eigenvalue weighted by molar-refractivity contribution is 5.52. The summed E-state index contributed by atoms with van der Waals surface area (Å²) in [5, 5.41) is 8.54. The molecule has 1 aliphatic carbocycles. The van der Waals surface area contributed by atoms with E-state index in [1.165, 1.54) is 12.0 Å². The zero-order chi connectivity index (χ0) is 15.2. The van der Waals surface area contributed by atoms with Crippen LogP contribution in [0.15, 0.2) is 41.1 Å². The number of aromatic nitrogens is 4. The van der Waals surface area contributed by atoms with Gasteiger partial charge >= 0.3 is 0 Å². The van der Waals surface area contributed by atoms with Crippen molar-refractivity contribution < 1.29 is 4.52 Å². The summed E-state index contributed by atoms with van der Waals surface area (Å²) < 4.78 is 7.33. The molecule has 5 heteroatoms. The van der Waals surface area contributed by atoms with Crippen molar-refractivity contribution in [2.24, 2.45) is 7.05 Å². The van der Waals surface area contributed by atoms with Crippen molar-refractivity contribution in [1.82, 2.24) is 19.9 Å². The topological polar surface area (TPSA) is 56.7 Å². The molecule has 0 unspecified atom stereocenters. The molecule has 1 aromatic carbocycles. The second-order valence-corrected chi connectivity index (χ2v) is 6.02. The van der Waals surface area contributed by atoms with E-state index in [-0.39, 0.29) is 5.41 Å². The van der Waals surface area contributed by atoms with Gasteiger partial charge in [-0.25, -0.2) is 0 Å². The molecule has 22 heavy (non-hydrogen) atoms. The third kappa shape index (κ3) is 1.81. The first kappa shape index (κ1) is 13.2. The molecule has 1 saturated carbocycles. The molecule has 3 aromatic rings. The van der Waals surface area contributed by atoms with Crippen LogP contribution in [-0.2, 0) is 12.5 Å². The first-order valence-corrected chi connectivity index (χ1v) is 7.59. The van der Waals surface area contributed by atoms with Crippen LogP contribution in [0.25, 0.3) is 11.6 Å². The predicted molar refractivity (Wildman–Crippen MR) is 82.3 cm³/mol. The quantitative estimate of drug-likeness (QED) is 0.744. The molecule has 0 saturated heterocycles. The maximum Gasteiger partial charge on any atom is 0.276 e. The third-order valence-electron chi connectivity index (χ3n) is 4.71. The predicted octanol–water partition coefficient (Wildman–Crippen LogP) is 3.25. The maximum atomic E-state index is 5.55. The molecular formula is C17H18N4O. The van der Waals surface area contributed by atoms with E-state index in [1.807, 2.05) is 26.2 Å². The molecule has 5 nitrogen and oxygen atoms in total. The van der Waals surface area contributed by atoms with Gasteiger partial charge in [0.2, 0.25) is 0 Å². The van der Waals surface area contributed by atoms with Crippen LogP contribution in [-0.4, -0.2) is 19.9 Å². The smallest absolute Gasteiger partial charge is 0.276 e. The van der Waals surface area contributed by atoms with Crippen LogP contribution in [0.5, 0.6) is 0 Å². The molecule has 2 heterocycles. The number of rotatable bonds is 3.